The largest absolute Gasteiger partial charge is 0.491 e. The number of rotatable bonds is 13. The molecule has 3 unspecified atom stereocenters. The Morgan fingerprint density at radius 1 is 0.308 bits per heavy atom. The molecule has 3 N–H and O–H groups in total. The molecule has 0 aliphatic heterocycles. The lowest BCUT2D eigenvalue weighted by atomic mass is 10.1. The Kier molecular flexibility index (Phi) is 22.6. The summed E-state index contributed by atoms with van der Waals surface area (Å²) in [6, 6.07) is 59.8. The van der Waals surface area contributed by atoms with Gasteiger partial charge in [0.1, 0.15) is 37.1 Å². The molecule has 8 aromatic rings. The Morgan fingerprint density at radius 2 is 0.523 bits per heavy atom. The lowest BCUT2D eigenvalue weighted by molar-refractivity contribution is 0.122. The van der Waals surface area contributed by atoms with Crippen molar-refractivity contribution in [2.75, 3.05) is 19.8 Å². The van der Waals surface area contributed by atoms with E-state index in [1.54, 1.807) is 20.8 Å². The van der Waals surface area contributed by atoms with Crippen molar-refractivity contribution in [2.45, 2.75) is 92.5 Å². The number of aliphatic hydroxyl groups excluding tert-OH is 3. The van der Waals surface area contributed by atoms with Crippen LogP contribution < -0.4 is 14.2 Å². The van der Waals surface area contributed by atoms with E-state index in [4.69, 9.17) is 29.5 Å². The van der Waals surface area contributed by atoms with Crippen LogP contribution in [0, 0.1) is 0 Å². The van der Waals surface area contributed by atoms with Crippen molar-refractivity contribution in [1.29, 1.82) is 0 Å². The summed E-state index contributed by atoms with van der Waals surface area (Å²) >= 11 is 0. The number of fused-ring (bicyclic) bond motifs is 3. The maximum absolute atomic E-state index is 9.10. The number of aryl methyl sites for hydroxylation is 4. The molecule has 0 saturated heterocycles. The van der Waals surface area contributed by atoms with E-state index in [0.717, 1.165) is 59.1 Å². The van der Waals surface area contributed by atoms with Crippen molar-refractivity contribution >= 4 is 32.3 Å². The lowest BCUT2D eigenvalue weighted by Crippen LogP contribution is -2.12. The topological polar surface area (TPSA) is 88.4 Å². The number of ether oxygens (including phenoxy) is 3. The average molecular weight is 875 g/mol. The van der Waals surface area contributed by atoms with E-state index in [1.807, 2.05) is 109 Å². The van der Waals surface area contributed by atoms with Gasteiger partial charge in [-0.05, 0) is 137 Å². The second kappa shape index (κ2) is 28.6. The first-order chi connectivity index (χ1) is 31.5. The third-order valence-corrected chi connectivity index (χ3v) is 10.3. The first-order valence-corrected chi connectivity index (χ1v) is 23.0. The third-order valence-electron chi connectivity index (χ3n) is 10.3. The normalized spacial score (nSPS) is 11.8. The van der Waals surface area contributed by atoms with Gasteiger partial charge in [0.05, 0.1) is 18.3 Å². The van der Waals surface area contributed by atoms with Crippen LogP contribution in [0.25, 0.3) is 32.3 Å². The highest BCUT2D eigenvalue weighted by molar-refractivity contribution is 5.85. The highest BCUT2D eigenvalue weighted by atomic mass is 16.5. The first-order valence-electron chi connectivity index (χ1n) is 23.0. The fraction of sp³-hybridized carbons (Fsp3) is 0.288. The van der Waals surface area contributed by atoms with Crippen molar-refractivity contribution in [3.63, 3.8) is 0 Å². The minimum Gasteiger partial charge on any atom is -0.491 e. The van der Waals surface area contributed by atoms with Gasteiger partial charge in [0.25, 0.3) is 0 Å². The van der Waals surface area contributed by atoms with E-state index >= 15 is 0 Å². The molecule has 0 heterocycles. The molecule has 8 aromatic carbocycles. The number of benzene rings is 8. The van der Waals surface area contributed by atoms with Gasteiger partial charge >= 0.3 is 0 Å². The second-order valence-electron chi connectivity index (χ2n) is 16.1. The van der Waals surface area contributed by atoms with Crippen molar-refractivity contribution in [3.05, 3.63) is 198 Å². The van der Waals surface area contributed by atoms with Crippen LogP contribution in [0.15, 0.2) is 176 Å². The van der Waals surface area contributed by atoms with Crippen LogP contribution in [-0.4, -0.2) is 53.5 Å². The molecular weight excluding hydrogens is 805 g/mol. The Balaban J connectivity index is 0.000000180. The highest BCUT2D eigenvalue weighted by Crippen LogP contribution is 2.23. The van der Waals surface area contributed by atoms with Crippen molar-refractivity contribution in [3.8, 4) is 17.2 Å². The highest BCUT2D eigenvalue weighted by Gasteiger charge is 2.02. The standard InChI is InChI=1S/3C13H14O2.2C10H14/c3*1-10(14)9-15-13-7-6-11-4-2-3-5-12(11)8-13;2*1-3-9-5-7-10(4-2)8-6-9/h3*2-8,10,14H,9H2,1H3;2*5-8H,3-4H2,1-2H3. The van der Waals surface area contributed by atoms with Crippen LogP contribution in [0.4, 0.5) is 0 Å². The number of hydrogen-bond donors (Lipinski definition) is 3. The molecule has 0 amide bonds. The summed E-state index contributed by atoms with van der Waals surface area (Å²) < 4.78 is 16.3. The Morgan fingerprint density at radius 3 is 0.723 bits per heavy atom. The van der Waals surface area contributed by atoms with Crippen LogP contribution in [0.2, 0.25) is 0 Å². The third kappa shape index (κ3) is 19.2. The SMILES string of the molecule is CC(O)COc1ccc2ccccc2c1.CC(O)COc1ccc2ccccc2c1.CC(O)COc1ccc2ccccc2c1.CCc1ccc(CC)cc1.CCc1ccc(CC)cc1. The van der Waals surface area contributed by atoms with Gasteiger partial charge in [-0.2, -0.15) is 0 Å². The summed E-state index contributed by atoms with van der Waals surface area (Å²) in [7, 11) is 0. The molecule has 0 radical (unpaired) electrons. The van der Waals surface area contributed by atoms with Gasteiger partial charge in [-0.25, -0.2) is 0 Å². The Hall–Kier alpha value is -6.18. The van der Waals surface area contributed by atoms with Gasteiger partial charge in [0.15, 0.2) is 0 Å². The quantitative estimate of drug-likeness (QED) is 0.107. The molecule has 0 saturated carbocycles. The van der Waals surface area contributed by atoms with E-state index in [2.05, 4.69) is 94.4 Å². The van der Waals surface area contributed by atoms with Crippen LogP contribution in [0.5, 0.6) is 17.2 Å². The summed E-state index contributed by atoms with van der Waals surface area (Å²) in [6.07, 6.45) is 3.27. The van der Waals surface area contributed by atoms with Crippen LogP contribution in [0.1, 0.15) is 70.7 Å². The Labute approximate surface area is 388 Å². The van der Waals surface area contributed by atoms with Crippen molar-refractivity contribution in [2.24, 2.45) is 0 Å². The van der Waals surface area contributed by atoms with Gasteiger partial charge in [0.2, 0.25) is 0 Å². The van der Waals surface area contributed by atoms with Gasteiger partial charge in [-0.1, -0.05) is 167 Å². The molecule has 0 aliphatic rings. The predicted molar refractivity (Wildman–Crippen MR) is 274 cm³/mol. The lowest BCUT2D eigenvalue weighted by Gasteiger charge is -2.08. The summed E-state index contributed by atoms with van der Waals surface area (Å²) in [4.78, 5) is 0. The van der Waals surface area contributed by atoms with Crippen LogP contribution in [0.3, 0.4) is 0 Å². The van der Waals surface area contributed by atoms with E-state index in [0.29, 0.717) is 19.8 Å². The molecule has 3 atom stereocenters. The summed E-state index contributed by atoms with van der Waals surface area (Å²) in [5.74, 6) is 2.40. The minimum atomic E-state index is -0.434. The van der Waals surface area contributed by atoms with Gasteiger partial charge < -0.3 is 29.5 Å². The maximum Gasteiger partial charge on any atom is 0.120 e. The van der Waals surface area contributed by atoms with E-state index in [9.17, 15) is 0 Å². The second-order valence-corrected chi connectivity index (χ2v) is 16.1. The molecule has 0 spiro atoms. The molecule has 0 fully saturated rings. The molecule has 342 valence electrons. The summed E-state index contributed by atoms with van der Waals surface area (Å²) in [5, 5.41) is 34.4. The first kappa shape index (κ1) is 51.5. The molecule has 6 heteroatoms. The molecule has 0 bridgehead atoms. The van der Waals surface area contributed by atoms with Gasteiger partial charge in [-0.3, -0.25) is 0 Å². The van der Waals surface area contributed by atoms with E-state index in [-0.39, 0.29) is 0 Å². The fourth-order valence-electron chi connectivity index (χ4n) is 6.44. The predicted octanol–water partition coefficient (Wildman–Crippen LogP) is 13.4. The molecule has 6 nitrogen and oxygen atoms in total. The van der Waals surface area contributed by atoms with E-state index < -0.39 is 18.3 Å². The smallest absolute Gasteiger partial charge is 0.120 e. The zero-order chi connectivity index (χ0) is 46.8. The molecule has 8 rings (SSSR count). The average Bonchev–Trinajstić information content (AvgIpc) is 3.35. The molecule has 0 aliphatic carbocycles. The van der Waals surface area contributed by atoms with Crippen molar-refractivity contribution < 1.29 is 29.5 Å². The maximum atomic E-state index is 9.10. The van der Waals surface area contributed by atoms with Crippen LogP contribution >= 0.6 is 0 Å². The fourth-order valence-corrected chi connectivity index (χ4v) is 6.44. The zero-order valence-electron chi connectivity index (χ0n) is 39.5. The number of hydrogen-bond acceptors (Lipinski definition) is 6. The summed E-state index contributed by atoms with van der Waals surface area (Å²) in [5.41, 5.74) is 5.71. The minimum absolute atomic E-state index is 0.332. The number of aliphatic hydroxyl groups is 3. The Bertz CT molecular complexity index is 2220. The van der Waals surface area contributed by atoms with Crippen LogP contribution in [-0.2, 0) is 25.7 Å². The van der Waals surface area contributed by atoms with E-state index in [1.165, 1.54) is 38.4 Å². The molecular formula is C59H70O6. The van der Waals surface area contributed by atoms with Gasteiger partial charge in [0, 0.05) is 0 Å². The summed E-state index contributed by atoms with van der Waals surface area (Å²) in [6.45, 7) is 14.8. The van der Waals surface area contributed by atoms with Crippen molar-refractivity contribution in [1.82, 2.24) is 0 Å². The monoisotopic (exact) mass is 875 g/mol. The zero-order valence-corrected chi connectivity index (χ0v) is 39.5. The molecule has 65 heavy (non-hydrogen) atoms. The van der Waals surface area contributed by atoms with Gasteiger partial charge in [-0.15, -0.1) is 0 Å². The molecule has 0 aromatic heterocycles.